The van der Waals surface area contributed by atoms with E-state index in [-0.39, 0.29) is 0 Å². The molecule has 2 saturated heterocycles. The van der Waals surface area contributed by atoms with Crippen molar-refractivity contribution >= 4 is 0 Å². The lowest BCUT2D eigenvalue weighted by atomic mass is 10.2. The third-order valence-electron chi connectivity index (χ3n) is 2.18. The Labute approximate surface area is 96.6 Å². The zero-order valence-electron chi connectivity index (χ0n) is 9.65. The summed E-state index contributed by atoms with van der Waals surface area (Å²) in [4.78, 5) is 3.56. The van der Waals surface area contributed by atoms with Gasteiger partial charge in [0, 0.05) is 6.54 Å². The SMILES string of the molecule is C1CCNCC1.C1COCN1.c1cocn1. The molecule has 5 heteroatoms. The Bertz CT molecular complexity index is 173. The standard InChI is InChI=1S/C5H11N.C3H7NO.C3H3NO/c1-2-4-6-5-3-1;2*1-2-5-3-4-1/h6H,1-5H2;4H,1-3H2;1-3H. The molecule has 2 N–H and O–H groups in total. The molecule has 0 saturated carbocycles. The molecule has 0 aliphatic carbocycles. The van der Waals surface area contributed by atoms with Crippen LogP contribution in [0.25, 0.3) is 0 Å². The number of oxazole rings is 1. The molecule has 3 heterocycles. The Balaban J connectivity index is 0.000000121. The van der Waals surface area contributed by atoms with Gasteiger partial charge in [-0.2, -0.15) is 0 Å². The molecule has 2 aliphatic rings. The van der Waals surface area contributed by atoms with E-state index < -0.39 is 0 Å². The van der Waals surface area contributed by atoms with Gasteiger partial charge >= 0.3 is 0 Å². The molecule has 0 radical (unpaired) electrons. The molecule has 1 aromatic rings. The van der Waals surface area contributed by atoms with Crippen molar-refractivity contribution in [2.75, 3.05) is 33.0 Å². The van der Waals surface area contributed by atoms with E-state index in [1.807, 2.05) is 0 Å². The summed E-state index contributed by atoms with van der Waals surface area (Å²) in [6.07, 6.45) is 8.69. The van der Waals surface area contributed by atoms with Gasteiger partial charge in [-0.05, 0) is 25.9 Å². The van der Waals surface area contributed by atoms with Crippen molar-refractivity contribution in [1.82, 2.24) is 15.6 Å². The van der Waals surface area contributed by atoms with Crippen molar-refractivity contribution in [2.45, 2.75) is 19.3 Å². The van der Waals surface area contributed by atoms with E-state index in [0.29, 0.717) is 0 Å². The minimum Gasteiger partial charge on any atom is -0.452 e. The number of hydrogen-bond acceptors (Lipinski definition) is 5. The molecule has 5 nitrogen and oxygen atoms in total. The number of aromatic nitrogens is 1. The highest BCUT2D eigenvalue weighted by Gasteiger charge is 1.93. The zero-order chi connectivity index (χ0) is 11.3. The second-order valence-corrected chi connectivity index (χ2v) is 3.54. The minimum atomic E-state index is 0.750. The molecule has 92 valence electrons. The van der Waals surface area contributed by atoms with Gasteiger partial charge in [-0.25, -0.2) is 4.98 Å². The van der Waals surface area contributed by atoms with Crippen LogP contribution in [0, 0.1) is 0 Å². The highest BCUT2D eigenvalue weighted by molar-refractivity contribution is 4.56. The van der Waals surface area contributed by atoms with E-state index in [1.54, 1.807) is 6.20 Å². The summed E-state index contributed by atoms with van der Waals surface area (Å²) in [5, 5.41) is 6.28. The van der Waals surface area contributed by atoms with Crippen LogP contribution >= 0.6 is 0 Å². The Kier molecular flexibility index (Phi) is 8.72. The lowest BCUT2D eigenvalue weighted by Crippen LogP contribution is -2.21. The molecule has 0 unspecified atom stereocenters. The number of rotatable bonds is 0. The lowest BCUT2D eigenvalue weighted by Gasteiger charge is -2.08. The monoisotopic (exact) mass is 227 g/mol. The highest BCUT2D eigenvalue weighted by Crippen LogP contribution is 1.96. The molecule has 0 amide bonds. The molecule has 0 spiro atoms. The van der Waals surface area contributed by atoms with Crippen molar-refractivity contribution in [1.29, 1.82) is 0 Å². The third-order valence-corrected chi connectivity index (χ3v) is 2.18. The van der Waals surface area contributed by atoms with Crippen molar-refractivity contribution < 1.29 is 9.15 Å². The van der Waals surface area contributed by atoms with Gasteiger partial charge in [0.05, 0.1) is 19.5 Å². The molecule has 3 rings (SSSR count). The average molecular weight is 227 g/mol. The molecular formula is C11H21N3O2. The molecule has 0 atom stereocenters. The van der Waals surface area contributed by atoms with Crippen LogP contribution in [-0.4, -0.2) is 38.0 Å². The summed E-state index contributed by atoms with van der Waals surface area (Å²) < 4.78 is 9.31. The Morgan fingerprint density at radius 1 is 1.00 bits per heavy atom. The van der Waals surface area contributed by atoms with E-state index in [0.717, 1.165) is 19.9 Å². The van der Waals surface area contributed by atoms with Crippen LogP contribution in [0.5, 0.6) is 0 Å². The van der Waals surface area contributed by atoms with Crippen LogP contribution in [0.3, 0.4) is 0 Å². The fourth-order valence-electron chi connectivity index (χ4n) is 1.34. The van der Waals surface area contributed by atoms with Gasteiger partial charge in [0.1, 0.15) is 6.26 Å². The molecule has 2 aliphatic heterocycles. The van der Waals surface area contributed by atoms with Crippen LogP contribution in [0.2, 0.25) is 0 Å². The van der Waals surface area contributed by atoms with E-state index >= 15 is 0 Å². The van der Waals surface area contributed by atoms with Crippen LogP contribution in [0.15, 0.2) is 23.3 Å². The maximum Gasteiger partial charge on any atom is 0.180 e. The number of ether oxygens (including phenoxy) is 1. The second kappa shape index (κ2) is 10.6. The van der Waals surface area contributed by atoms with Gasteiger partial charge in [0.25, 0.3) is 0 Å². The predicted molar refractivity (Wildman–Crippen MR) is 62.0 cm³/mol. The van der Waals surface area contributed by atoms with Gasteiger partial charge in [0.2, 0.25) is 0 Å². The normalized spacial score (nSPS) is 19.0. The molecule has 0 bridgehead atoms. The average Bonchev–Trinajstić information content (AvgIpc) is 3.10. The van der Waals surface area contributed by atoms with Crippen molar-refractivity contribution in [3.63, 3.8) is 0 Å². The summed E-state index contributed by atoms with van der Waals surface area (Å²) in [5.74, 6) is 0. The van der Waals surface area contributed by atoms with Gasteiger partial charge in [-0.3, -0.25) is 5.32 Å². The topological polar surface area (TPSA) is 59.3 Å². The van der Waals surface area contributed by atoms with Crippen LogP contribution < -0.4 is 10.6 Å². The first-order valence-corrected chi connectivity index (χ1v) is 5.81. The maximum absolute atomic E-state index is 4.83. The molecule has 2 fully saturated rings. The molecule has 0 aromatic carbocycles. The van der Waals surface area contributed by atoms with Gasteiger partial charge in [0.15, 0.2) is 6.39 Å². The van der Waals surface area contributed by atoms with Crippen molar-refractivity contribution in [2.24, 2.45) is 0 Å². The number of nitrogens with zero attached hydrogens (tertiary/aromatic N) is 1. The van der Waals surface area contributed by atoms with Crippen LogP contribution in [-0.2, 0) is 4.74 Å². The summed E-state index contributed by atoms with van der Waals surface area (Å²) in [6.45, 7) is 5.17. The van der Waals surface area contributed by atoms with Crippen molar-refractivity contribution in [3.05, 3.63) is 18.9 Å². The van der Waals surface area contributed by atoms with Gasteiger partial charge in [-0.1, -0.05) is 6.42 Å². The third kappa shape index (κ3) is 8.40. The summed E-state index contributed by atoms with van der Waals surface area (Å²) >= 11 is 0. The molecule has 1 aromatic heterocycles. The maximum atomic E-state index is 4.83. The van der Waals surface area contributed by atoms with Crippen molar-refractivity contribution in [3.8, 4) is 0 Å². The lowest BCUT2D eigenvalue weighted by molar-refractivity contribution is 0.194. The second-order valence-electron chi connectivity index (χ2n) is 3.54. The summed E-state index contributed by atoms with van der Waals surface area (Å²) in [7, 11) is 0. The summed E-state index contributed by atoms with van der Waals surface area (Å²) in [5.41, 5.74) is 0. The largest absolute Gasteiger partial charge is 0.452 e. The van der Waals surface area contributed by atoms with E-state index in [2.05, 4.69) is 20.0 Å². The predicted octanol–water partition coefficient (Wildman–Crippen LogP) is 0.998. The fraction of sp³-hybridized carbons (Fsp3) is 0.727. The first kappa shape index (κ1) is 13.2. The van der Waals surface area contributed by atoms with E-state index in [1.165, 1.54) is 45.0 Å². The van der Waals surface area contributed by atoms with Gasteiger partial charge in [-0.15, -0.1) is 0 Å². The van der Waals surface area contributed by atoms with E-state index in [4.69, 9.17) is 4.74 Å². The number of piperidine rings is 1. The number of nitrogens with one attached hydrogen (secondary N) is 2. The minimum absolute atomic E-state index is 0.750. The molecule has 16 heavy (non-hydrogen) atoms. The van der Waals surface area contributed by atoms with Crippen LogP contribution in [0.4, 0.5) is 0 Å². The smallest absolute Gasteiger partial charge is 0.180 e. The summed E-state index contributed by atoms with van der Waals surface area (Å²) in [6, 6.07) is 0. The Morgan fingerprint density at radius 2 is 1.88 bits per heavy atom. The zero-order valence-corrected chi connectivity index (χ0v) is 9.65. The first-order valence-electron chi connectivity index (χ1n) is 5.81. The van der Waals surface area contributed by atoms with Gasteiger partial charge < -0.3 is 14.5 Å². The fourth-order valence-corrected chi connectivity index (χ4v) is 1.34. The molecular weight excluding hydrogens is 206 g/mol. The highest BCUT2D eigenvalue weighted by atomic mass is 16.5. The first-order chi connectivity index (χ1) is 8.00. The van der Waals surface area contributed by atoms with Crippen LogP contribution in [0.1, 0.15) is 19.3 Å². The Morgan fingerprint density at radius 3 is 2.06 bits per heavy atom. The number of hydrogen-bond donors (Lipinski definition) is 2. The Hall–Kier alpha value is -0.910. The van der Waals surface area contributed by atoms with E-state index in [9.17, 15) is 0 Å². The quantitative estimate of drug-likeness (QED) is 0.692.